The summed E-state index contributed by atoms with van der Waals surface area (Å²) in [5, 5.41) is 15.4. The van der Waals surface area contributed by atoms with Gasteiger partial charge in [0.1, 0.15) is 12.2 Å². The molecule has 2 aromatic rings. The fraction of sp³-hybridized carbons (Fsp3) is 0.462. The van der Waals surface area contributed by atoms with Crippen LogP contribution in [0.2, 0.25) is 0 Å². The summed E-state index contributed by atoms with van der Waals surface area (Å²) < 4.78 is 10.7. The first-order valence-electron chi connectivity index (χ1n) is 11.5. The van der Waals surface area contributed by atoms with Gasteiger partial charge >= 0.3 is 12.2 Å². The lowest BCUT2D eigenvalue weighted by atomic mass is 10.0. The number of amides is 2. The lowest BCUT2D eigenvalue weighted by Gasteiger charge is -2.33. The van der Waals surface area contributed by atoms with Crippen molar-refractivity contribution < 1.29 is 24.2 Å². The van der Waals surface area contributed by atoms with Gasteiger partial charge < -0.3 is 19.9 Å². The molecule has 3 N–H and O–H groups in total. The monoisotopic (exact) mass is 471 g/mol. The van der Waals surface area contributed by atoms with Crippen molar-refractivity contribution in [2.45, 2.75) is 71.4 Å². The number of hydrogen-bond donors (Lipinski definition) is 3. The number of nitrogens with zero attached hydrogens (tertiary/aromatic N) is 1. The molecule has 2 atom stereocenters. The van der Waals surface area contributed by atoms with Crippen molar-refractivity contribution in [3.63, 3.8) is 0 Å². The molecule has 2 aromatic carbocycles. The van der Waals surface area contributed by atoms with E-state index in [-0.39, 0.29) is 19.2 Å². The Balaban J connectivity index is 2.06. The van der Waals surface area contributed by atoms with Crippen LogP contribution in [0.25, 0.3) is 0 Å². The van der Waals surface area contributed by atoms with Crippen LogP contribution in [0.4, 0.5) is 9.59 Å². The lowest BCUT2D eigenvalue weighted by molar-refractivity contribution is 0.00701. The van der Waals surface area contributed by atoms with E-state index in [1.54, 1.807) is 25.8 Å². The fourth-order valence-corrected chi connectivity index (χ4v) is 3.20. The second kappa shape index (κ2) is 13.0. The van der Waals surface area contributed by atoms with Crippen molar-refractivity contribution in [3.8, 4) is 0 Å². The maximum atomic E-state index is 12.5. The Morgan fingerprint density at radius 3 is 2.03 bits per heavy atom. The molecule has 0 aliphatic rings. The predicted octanol–water partition coefficient (Wildman–Crippen LogP) is 4.04. The van der Waals surface area contributed by atoms with Gasteiger partial charge in [-0.25, -0.2) is 14.6 Å². The number of hydrazine groups is 1. The quantitative estimate of drug-likeness (QED) is 0.452. The summed E-state index contributed by atoms with van der Waals surface area (Å²) >= 11 is 0. The van der Waals surface area contributed by atoms with Gasteiger partial charge in [-0.15, -0.1) is 0 Å². The molecule has 0 aliphatic carbocycles. The van der Waals surface area contributed by atoms with Gasteiger partial charge in [0.15, 0.2) is 0 Å². The van der Waals surface area contributed by atoms with Gasteiger partial charge in [0.05, 0.1) is 12.1 Å². The Kier molecular flexibility index (Phi) is 10.3. The second-order valence-electron chi connectivity index (χ2n) is 9.43. The van der Waals surface area contributed by atoms with Crippen LogP contribution in [0.5, 0.6) is 0 Å². The van der Waals surface area contributed by atoms with Crippen LogP contribution in [0.15, 0.2) is 60.7 Å². The molecule has 0 spiro atoms. The van der Waals surface area contributed by atoms with Gasteiger partial charge in [-0.1, -0.05) is 60.7 Å². The van der Waals surface area contributed by atoms with Gasteiger partial charge in [0.25, 0.3) is 0 Å². The highest BCUT2D eigenvalue weighted by Gasteiger charge is 2.27. The number of aliphatic hydroxyl groups excluding tert-OH is 1. The smallest absolute Gasteiger partial charge is 0.422 e. The summed E-state index contributed by atoms with van der Waals surface area (Å²) in [4.78, 5) is 24.8. The summed E-state index contributed by atoms with van der Waals surface area (Å²) in [6.45, 7) is 9.31. The molecule has 0 unspecified atom stereocenters. The average molecular weight is 472 g/mol. The molecule has 0 radical (unpaired) electrons. The Labute approximate surface area is 202 Å². The molecule has 0 saturated heterocycles. The van der Waals surface area contributed by atoms with Gasteiger partial charge in [-0.05, 0) is 52.2 Å². The number of benzene rings is 2. The van der Waals surface area contributed by atoms with Crippen LogP contribution in [-0.2, 0) is 22.5 Å². The van der Waals surface area contributed by atoms with Gasteiger partial charge in [-0.3, -0.25) is 5.43 Å². The molecular formula is C26H37N3O5. The van der Waals surface area contributed by atoms with E-state index in [9.17, 15) is 14.7 Å². The van der Waals surface area contributed by atoms with Crippen molar-refractivity contribution in [1.29, 1.82) is 0 Å². The largest absolute Gasteiger partial charge is 0.445 e. The van der Waals surface area contributed by atoms with Crippen LogP contribution < -0.4 is 10.7 Å². The molecule has 0 heterocycles. The zero-order valence-electron chi connectivity index (χ0n) is 20.7. The third kappa shape index (κ3) is 10.2. The van der Waals surface area contributed by atoms with E-state index in [0.29, 0.717) is 6.42 Å². The lowest BCUT2D eigenvalue weighted by Crippen LogP contribution is -2.55. The van der Waals surface area contributed by atoms with E-state index in [1.165, 1.54) is 0 Å². The molecule has 0 saturated carbocycles. The number of rotatable bonds is 10. The maximum Gasteiger partial charge on any atom is 0.422 e. The molecule has 0 fully saturated rings. The molecule has 8 nitrogen and oxygen atoms in total. The SMILES string of the molecule is CC(C)N(C[C@H](O)[C@H](Cc1ccccc1)NC(=O)OCc1ccccc1)NC(=O)OC(C)(C)C. The molecule has 34 heavy (non-hydrogen) atoms. The second-order valence-corrected chi connectivity index (χ2v) is 9.43. The number of hydrogen-bond acceptors (Lipinski definition) is 6. The summed E-state index contributed by atoms with van der Waals surface area (Å²) in [6.07, 6.45) is -1.84. The Morgan fingerprint density at radius 1 is 0.941 bits per heavy atom. The third-order valence-electron chi connectivity index (χ3n) is 4.92. The Hall–Kier alpha value is -3.10. The minimum Gasteiger partial charge on any atom is -0.445 e. The molecule has 0 aromatic heterocycles. The van der Waals surface area contributed by atoms with E-state index in [4.69, 9.17) is 9.47 Å². The zero-order valence-corrected chi connectivity index (χ0v) is 20.7. The van der Waals surface area contributed by atoms with Gasteiger partial charge in [-0.2, -0.15) is 0 Å². The molecule has 2 amide bonds. The van der Waals surface area contributed by atoms with Crippen LogP contribution in [0.1, 0.15) is 45.7 Å². The highest BCUT2D eigenvalue weighted by atomic mass is 16.6. The normalized spacial score (nSPS) is 13.3. The Morgan fingerprint density at radius 2 is 1.50 bits per heavy atom. The first-order valence-corrected chi connectivity index (χ1v) is 11.5. The zero-order chi connectivity index (χ0) is 25.1. The van der Waals surface area contributed by atoms with E-state index < -0.39 is 29.9 Å². The molecule has 2 rings (SSSR count). The number of carbonyl (C=O) groups is 2. The van der Waals surface area contributed by atoms with E-state index in [1.807, 2.05) is 74.5 Å². The van der Waals surface area contributed by atoms with Crippen molar-refractivity contribution in [3.05, 3.63) is 71.8 Å². The summed E-state index contributed by atoms with van der Waals surface area (Å²) in [5.41, 5.74) is 3.86. The van der Waals surface area contributed by atoms with Crippen LogP contribution >= 0.6 is 0 Å². The highest BCUT2D eigenvalue weighted by molar-refractivity contribution is 5.68. The van der Waals surface area contributed by atoms with Crippen LogP contribution in [-0.4, -0.2) is 52.6 Å². The van der Waals surface area contributed by atoms with E-state index >= 15 is 0 Å². The number of carbonyl (C=O) groups excluding carboxylic acids is 2. The van der Waals surface area contributed by atoms with Crippen molar-refractivity contribution >= 4 is 12.2 Å². The topological polar surface area (TPSA) is 100 Å². The Bertz CT molecular complexity index is 884. The average Bonchev–Trinajstić information content (AvgIpc) is 2.77. The fourth-order valence-electron chi connectivity index (χ4n) is 3.20. The molecular weight excluding hydrogens is 434 g/mol. The van der Waals surface area contributed by atoms with Crippen LogP contribution in [0, 0.1) is 0 Å². The van der Waals surface area contributed by atoms with Crippen molar-refractivity contribution in [2.75, 3.05) is 6.54 Å². The number of aliphatic hydroxyl groups is 1. The standard InChI is InChI=1S/C26H37N3O5/c1-19(2)29(28-25(32)34-26(3,4)5)17-23(30)22(16-20-12-8-6-9-13-20)27-24(31)33-18-21-14-10-7-11-15-21/h6-15,19,22-23,30H,16-18H2,1-5H3,(H,27,31)(H,28,32)/t22-,23-/m0/s1. The minimum absolute atomic E-state index is 0.0768. The van der Waals surface area contributed by atoms with E-state index in [2.05, 4.69) is 10.7 Å². The minimum atomic E-state index is -0.998. The first kappa shape index (κ1) is 27.1. The molecule has 0 aliphatic heterocycles. The number of ether oxygens (including phenoxy) is 2. The first-order chi connectivity index (χ1) is 16.0. The predicted molar refractivity (Wildman–Crippen MR) is 131 cm³/mol. The van der Waals surface area contributed by atoms with Crippen molar-refractivity contribution in [2.24, 2.45) is 0 Å². The summed E-state index contributed by atoms with van der Waals surface area (Å²) in [7, 11) is 0. The summed E-state index contributed by atoms with van der Waals surface area (Å²) in [5.74, 6) is 0. The maximum absolute atomic E-state index is 12.5. The summed E-state index contributed by atoms with van der Waals surface area (Å²) in [6, 6.07) is 18.2. The third-order valence-corrected chi connectivity index (χ3v) is 4.92. The van der Waals surface area contributed by atoms with Crippen LogP contribution in [0.3, 0.4) is 0 Å². The van der Waals surface area contributed by atoms with Gasteiger partial charge in [0.2, 0.25) is 0 Å². The molecule has 186 valence electrons. The van der Waals surface area contributed by atoms with E-state index in [0.717, 1.165) is 11.1 Å². The molecule has 0 bridgehead atoms. The molecule has 8 heteroatoms. The highest BCUT2D eigenvalue weighted by Crippen LogP contribution is 2.11. The number of nitrogens with one attached hydrogen (secondary N) is 2. The number of alkyl carbamates (subject to hydrolysis) is 1. The van der Waals surface area contributed by atoms with Crippen molar-refractivity contribution in [1.82, 2.24) is 15.8 Å². The van der Waals surface area contributed by atoms with Gasteiger partial charge in [0, 0.05) is 12.6 Å².